The summed E-state index contributed by atoms with van der Waals surface area (Å²) in [6.45, 7) is 8.49. The zero-order valence-electron chi connectivity index (χ0n) is 41.2. The van der Waals surface area contributed by atoms with Gasteiger partial charge in [0, 0.05) is 59.1 Å². The number of aromatic nitrogens is 6. The van der Waals surface area contributed by atoms with Gasteiger partial charge in [0.25, 0.3) is 11.8 Å². The number of H-pyrrole nitrogens is 1. The quantitative estimate of drug-likeness (QED) is 0.0825. The van der Waals surface area contributed by atoms with Crippen molar-refractivity contribution in [3.05, 3.63) is 122 Å². The molecule has 3 atom stereocenters. The van der Waals surface area contributed by atoms with Crippen molar-refractivity contribution in [2.75, 3.05) is 52.8 Å². The number of anilines is 6. The molecule has 0 amide bonds. The fourth-order valence-electron chi connectivity index (χ4n) is 11.0. The van der Waals surface area contributed by atoms with E-state index in [2.05, 4.69) is 86.6 Å². The Hall–Kier alpha value is -6.81. The van der Waals surface area contributed by atoms with E-state index in [1.54, 1.807) is 4.68 Å². The molecule has 3 aliphatic heterocycles. The van der Waals surface area contributed by atoms with E-state index in [0.717, 1.165) is 159 Å². The number of carboxylic acid groups (broad SMARTS) is 1. The Bertz CT molecular complexity index is 2920. The molecule has 6 heterocycles. The van der Waals surface area contributed by atoms with Crippen LogP contribution in [0.25, 0.3) is 0 Å². The molecule has 17 heteroatoms. The van der Waals surface area contributed by atoms with Crippen molar-refractivity contribution in [1.82, 2.24) is 29.8 Å². The molecule has 6 aliphatic rings. The second kappa shape index (κ2) is 22.1. The number of nitrogen functional groups attached to an aromatic ring is 3. The highest BCUT2D eigenvalue weighted by Gasteiger charge is 2.33. The van der Waals surface area contributed by atoms with Crippen molar-refractivity contribution >= 4 is 64.7 Å². The summed E-state index contributed by atoms with van der Waals surface area (Å²) in [5, 5.41) is 34.9. The Balaban J connectivity index is 0.000000132. The SMILES string of the molecule is Cc1ccc2c(c1)NCCC2C(=O)O.Cc1ccc2c(c1)NCCC2C(=O)n1nc(N)c2c1CCCC2.Cc1ccc2c(c1)NCCC2C(=O)n1nc2c(c1N)CCCC2.Cl.Nc1n[nH]c2c1CCCC2. The predicted octanol–water partition coefficient (Wildman–Crippen LogP) is 9.06. The first-order valence-corrected chi connectivity index (χ1v) is 25.2. The number of halogens is 1. The number of aryl methyl sites for hydroxylation is 5. The number of carbonyl (C=O) groups excluding carboxylic acids is 2. The fourth-order valence-corrected chi connectivity index (χ4v) is 11.0. The van der Waals surface area contributed by atoms with Crippen LogP contribution in [0.15, 0.2) is 54.6 Å². The van der Waals surface area contributed by atoms with Gasteiger partial charge in [0.2, 0.25) is 0 Å². The summed E-state index contributed by atoms with van der Waals surface area (Å²) in [6.07, 6.45) is 15.2. The Morgan fingerprint density at radius 3 is 1.56 bits per heavy atom. The van der Waals surface area contributed by atoms with E-state index in [1.807, 2.05) is 25.1 Å². The second-order valence-electron chi connectivity index (χ2n) is 19.7. The maximum Gasteiger partial charge on any atom is 0.311 e. The monoisotopic (exact) mass is 985 g/mol. The molecule has 0 saturated heterocycles. The molecular weight excluding hydrogens is 916 g/mol. The predicted molar refractivity (Wildman–Crippen MR) is 283 cm³/mol. The third kappa shape index (κ3) is 10.8. The molecule has 12 rings (SSSR count). The summed E-state index contributed by atoms with van der Waals surface area (Å²) in [7, 11) is 0. The minimum Gasteiger partial charge on any atom is -0.481 e. The van der Waals surface area contributed by atoms with Crippen LogP contribution in [-0.2, 0) is 43.3 Å². The van der Waals surface area contributed by atoms with Crippen molar-refractivity contribution in [3.8, 4) is 0 Å². The van der Waals surface area contributed by atoms with Gasteiger partial charge < -0.3 is 38.3 Å². The third-order valence-electron chi connectivity index (χ3n) is 14.8. The first-order chi connectivity index (χ1) is 33.9. The molecule has 0 radical (unpaired) electrons. The Kier molecular flexibility index (Phi) is 15.7. The van der Waals surface area contributed by atoms with E-state index < -0.39 is 5.97 Å². The highest BCUT2D eigenvalue weighted by Crippen LogP contribution is 2.38. The molecule has 3 aromatic carbocycles. The van der Waals surface area contributed by atoms with Gasteiger partial charge in [-0.05, 0) is 169 Å². The number of carbonyl (C=O) groups is 3. The van der Waals surface area contributed by atoms with Gasteiger partial charge >= 0.3 is 5.97 Å². The largest absolute Gasteiger partial charge is 0.481 e. The van der Waals surface area contributed by atoms with Gasteiger partial charge in [0.15, 0.2) is 0 Å². The molecule has 16 nitrogen and oxygen atoms in total. The molecule has 0 saturated carbocycles. The Morgan fingerprint density at radius 1 is 0.563 bits per heavy atom. The van der Waals surface area contributed by atoms with E-state index in [0.29, 0.717) is 23.9 Å². The highest BCUT2D eigenvalue weighted by molar-refractivity contribution is 5.91. The number of nitrogens with one attached hydrogen (secondary N) is 4. The maximum absolute atomic E-state index is 13.1. The van der Waals surface area contributed by atoms with Crippen molar-refractivity contribution in [3.63, 3.8) is 0 Å². The summed E-state index contributed by atoms with van der Waals surface area (Å²) >= 11 is 0. The average Bonchev–Trinajstić information content (AvgIpc) is 4.04. The molecule has 3 unspecified atom stereocenters. The maximum atomic E-state index is 13.1. The lowest BCUT2D eigenvalue weighted by molar-refractivity contribution is -0.138. The lowest BCUT2D eigenvalue weighted by Crippen LogP contribution is -2.29. The second-order valence-corrected chi connectivity index (χ2v) is 19.7. The third-order valence-corrected chi connectivity index (χ3v) is 14.8. The molecule has 376 valence electrons. The van der Waals surface area contributed by atoms with E-state index in [1.165, 1.54) is 39.9 Å². The lowest BCUT2D eigenvalue weighted by atomic mass is 9.89. The van der Waals surface area contributed by atoms with E-state index in [4.69, 9.17) is 22.3 Å². The number of nitrogens with zero attached hydrogens (tertiary/aromatic N) is 5. The standard InChI is InChI=1S/2C18H22N4O.C11H13NO2.C7H11N3.ClH/c1-11-6-7-12-13(8-9-20-15(12)10-11)18(23)22-16-5-3-2-4-14(16)17(19)21-22;1-11-6-7-12-13(8-9-20-16(12)10-11)18(23)22-17(19)14-4-2-3-5-15(14)21-22;1-7-2-3-8-9(11(13)14)4-5-12-10(8)6-7;8-7-5-3-1-2-4-6(5)9-10-7;/h6-7,10,13,20H,2-5,8-9H2,1H3,(H2,19,21);6-7,10,13,20H,2-5,8-9,19H2,1H3;2-3,6,9,12H,4-5H2,1H3,(H,13,14);1-4H2,(H3,8,9,10);1H. The number of aliphatic carboxylic acids is 1. The van der Waals surface area contributed by atoms with Crippen LogP contribution >= 0.6 is 12.4 Å². The highest BCUT2D eigenvalue weighted by atomic mass is 35.5. The summed E-state index contributed by atoms with van der Waals surface area (Å²) < 4.78 is 3.07. The molecule has 0 fully saturated rings. The van der Waals surface area contributed by atoms with Crippen molar-refractivity contribution in [2.45, 2.75) is 135 Å². The summed E-state index contributed by atoms with van der Waals surface area (Å²) in [5.74, 6) is 0.476. The minimum atomic E-state index is -0.725. The van der Waals surface area contributed by atoms with Gasteiger partial charge in [-0.3, -0.25) is 19.5 Å². The number of aromatic amines is 1. The van der Waals surface area contributed by atoms with Gasteiger partial charge in [0.1, 0.15) is 17.5 Å². The number of carboxylic acids is 1. The van der Waals surface area contributed by atoms with Crippen LogP contribution in [0.3, 0.4) is 0 Å². The van der Waals surface area contributed by atoms with Crippen molar-refractivity contribution in [2.24, 2.45) is 0 Å². The minimum absolute atomic E-state index is 0. The van der Waals surface area contributed by atoms with Crippen LogP contribution in [0.5, 0.6) is 0 Å². The Labute approximate surface area is 421 Å². The topological polar surface area (TPSA) is 250 Å². The molecule has 11 N–H and O–H groups in total. The number of nitrogens with two attached hydrogens (primary N) is 3. The number of fused-ring (bicyclic) bond motifs is 6. The molecule has 0 bridgehead atoms. The van der Waals surface area contributed by atoms with E-state index in [9.17, 15) is 14.4 Å². The smallest absolute Gasteiger partial charge is 0.311 e. The van der Waals surface area contributed by atoms with Gasteiger partial charge in [0.05, 0.1) is 29.1 Å². The summed E-state index contributed by atoms with van der Waals surface area (Å²) in [5.41, 5.74) is 34.3. The van der Waals surface area contributed by atoms with Crippen LogP contribution in [0, 0.1) is 20.8 Å². The first kappa shape index (κ1) is 50.6. The molecule has 6 aromatic rings. The number of rotatable bonds is 3. The van der Waals surface area contributed by atoms with E-state index >= 15 is 0 Å². The first-order valence-electron chi connectivity index (χ1n) is 25.2. The molecule has 3 aromatic heterocycles. The summed E-state index contributed by atoms with van der Waals surface area (Å²) in [6, 6.07) is 18.3. The number of hydrogen-bond acceptors (Lipinski definition) is 12. The zero-order valence-corrected chi connectivity index (χ0v) is 42.0. The van der Waals surface area contributed by atoms with E-state index in [-0.39, 0.29) is 42.0 Å². The van der Waals surface area contributed by atoms with Gasteiger partial charge in [-0.1, -0.05) is 36.4 Å². The molecule has 0 spiro atoms. The van der Waals surface area contributed by atoms with Gasteiger partial charge in [-0.15, -0.1) is 17.5 Å². The number of hydrogen-bond donors (Lipinski definition) is 8. The Morgan fingerprint density at radius 2 is 1.03 bits per heavy atom. The molecule has 3 aliphatic carbocycles. The fraction of sp³-hybridized carbons (Fsp3) is 0.444. The van der Waals surface area contributed by atoms with Crippen LogP contribution in [0.1, 0.15) is 152 Å². The van der Waals surface area contributed by atoms with Crippen molar-refractivity contribution in [1.29, 1.82) is 0 Å². The van der Waals surface area contributed by atoms with Gasteiger partial charge in [-0.25, -0.2) is 4.68 Å². The van der Waals surface area contributed by atoms with Crippen LogP contribution in [-0.4, -0.2) is 72.3 Å². The molecular formula is C54H69ClN12O4. The molecule has 71 heavy (non-hydrogen) atoms. The normalized spacial score (nSPS) is 18.9. The van der Waals surface area contributed by atoms with Gasteiger partial charge in [-0.2, -0.15) is 14.9 Å². The zero-order chi connectivity index (χ0) is 49.1. The van der Waals surface area contributed by atoms with Crippen LogP contribution in [0.4, 0.5) is 34.5 Å². The van der Waals surface area contributed by atoms with Crippen LogP contribution < -0.4 is 33.2 Å². The summed E-state index contributed by atoms with van der Waals surface area (Å²) in [4.78, 5) is 37.2. The lowest BCUT2D eigenvalue weighted by Gasteiger charge is -2.26. The van der Waals surface area contributed by atoms with Crippen LogP contribution in [0.2, 0.25) is 0 Å². The van der Waals surface area contributed by atoms with Crippen molar-refractivity contribution < 1.29 is 19.5 Å². The average molecular weight is 986 g/mol. The number of benzene rings is 3.